The van der Waals surface area contributed by atoms with Gasteiger partial charge in [-0.3, -0.25) is 0 Å². The van der Waals surface area contributed by atoms with Crippen molar-refractivity contribution in [3.05, 3.63) is 11.6 Å². The van der Waals surface area contributed by atoms with Crippen molar-refractivity contribution in [1.29, 1.82) is 5.26 Å². The first-order valence-corrected chi connectivity index (χ1v) is 8.72. The number of anilines is 1. The molecule has 0 atom stereocenters. The number of rotatable bonds is 4. The molecule has 1 N–H and O–H groups in total. The standard InChI is InChI=1S/C18H24N4O/c1-11(21-22-17-16(10-19)20-12(2)23-17)6-18-7-13-3-14(8-18)5-15(4-13)9-18/h13-15,22H,3-9H2,1-2H3/b21-11+. The van der Waals surface area contributed by atoms with Crippen LogP contribution in [0.15, 0.2) is 9.52 Å². The average molecular weight is 312 g/mol. The van der Waals surface area contributed by atoms with Crippen molar-refractivity contribution >= 4 is 11.6 Å². The topological polar surface area (TPSA) is 74.2 Å². The van der Waals surface area contributed by atoms with Gasteiger partial charge in [0.25, 0.3) is 5.88 Å². The van der Waals surface area contributed by atoms with Gasteiger partial charge in [0.1, 0.15) is 6.07 Å². The lowest BCUT2D eigenvalue weighted by molar-refractivity contribution is -0.0482. The molecule has 0 unspecified atom stereocenters. The molecule has 4 aliphatic carbocycles. The van der Waals surface area contributed by atoms with Crippen LogP contribution in [0.4, 0.5) is 5.88 Å². The number of nitrogens with zero attached hydrogens (tertiary/aromatic N) is 3. The minimum Gasteiger partial charge on any atom is -0.422 e. The number of nitriles is 1. The summed E-state index contributed by atoms with van der Waals surface area (Å²) in [6.07, 6.45) is 9.63. The minimum atomic E-state index is 0.272. The Morgan fingerprint density at radius 3 is 2.48 bits per heavy atom. The zero-order valence-electron chi connectivity index (χ0n) is 13.9. The molecule has 4 aliphatic rings. The van der Waals surface area contributed by atoms with Crippen LogP contribution in [0, 0.1) is 41.4 Å². The van der Waals surface area contributed by atoms with Gasteiger partial charge in [-0.2, -0.15) is 10.4 Å². The van der Waals surface area contributed by atoms with Gasteiger partial charge in [-0.1, -0.05) is 0 Å². The van der Waals surface area contributed by atoms with E-state index in [0.29, 0.717) is 17.2 Å². The Morgan fingerprint density at radius 1 is 1.30 bits per heavy atom. The highest BCUT2D eigenvalue weighted by molar-refractivity contribution is 5.83. The monoisotopic (exact) mass is 312 g/mol. The fourth-order valence-corrected chi connectivity index (χ4v) is 5.81. The zero-order chi connectivity index (χ0) is 16.0. The van der Waals surface area contributed by atoms with E-state index in [-0.39, 0.29) is 5.69 Å². The molecule has 4 saturated carbocycles. The van der Waals surface area contributed by atoms with Gasteiger partial charge in [0.2, 0.25) is 5.69 Å². The van der Waals surface area contributed by atoms with Crippen LogP contribution in [0.25, 0.3) is 0 Å². The van der Waals surface area contributed by atoms with Gasteiger partial charge < -0.3 is 4.42 Å². The predicted octanol–water partition coefficient (Wildman–Crippen LogP) is 4.25. The summed E-state index contributed by atoms with van der Waals surface area (Å²) in [4.78, 5) is 4.03. The molecule has 0 spiro atoms. The van der Waals surface area contributed by atoms with Crippen molar-refractivity contribution in [3.8, 4) is 6.07 Å². The van der Waals surface area contributed by atoms with Crippen LogP contribution in [0.2, 0.25) is 0 Å². The lowest BCUT2D eigenvalue weighted by Crippen LogP contribution is -2.46. The number of nitrogens with one attached hydrogen (secondary N) is 1. The fraction of sp³-hybridized carbons (Fsp3) is 0.722. The van der Waals surface area contributed by atoms with Gasteiger partial charge in [0, 0.05) is 12.6 Å². The summed E-state index contributed by atoms with van der Waals surface area (Å²) in [5.74, 6) is 3.73. The molecule has 1 aromatic rings. The van der Waals surface area contributed by atoms with Crippen LogP contribution in [0.5, 0.6) is 0 Å². The summed E-state index contributed by atoms with van der Waals surface area (Å²) >= 11 is 0. The second-order valence-corrected chi connectivity index (χ2v) is 8.08. The third-order valence-corrected chi connectivity index (χ3v) is 5.98. The summed E-state index contributed by atoms with van der Waals surface area (Å²) in [6, 6.07) is 2.03. The number of hydrazone groups is 1. The Kier molecular flexibility index (Phi) is 3.44. The van der Waals surface area contributed by atoms with Crippen LogP contribution >= 0.6 is 0 Å². The average Bonchev–Trinajstić information content (AvgIpc) is 2.83. The normalized spacial score (nSPS) is 35.3. The molecule has 0 aliphatic heterocycles. The summed E-state index contributed by atoms with van der Waals surface area (Å²) < 4.78 is 5.40. The maximum atomic E-state index is 9.05. The van der Waals surface area contributed by atoms with E-state index in [1.807, 2.05) is 6.07 Å². The summed E-state index contributed by atoms with van der Waals surface area (Å²) in [5.41, 5.74) is 4.76. The Labute approximate surface area is 137 Å². The maximum Gasteiger partial charge on any atom is 0.252 e. The van der Waals surface area contributed by atoms with Gasteiger partial charge in [0.15, 0.2) is 5.89 Å². The highest BCUT2D eigenvalue weighted by Crippen LogP contribution is 2.61. The molecule has 1 aromatic heterocycles. The molecule has 0 saturated heterocycles. The quantitative estimate of drug-likeness (QED) is 0.666. The first kappa shape index (κ1) is 14.7. The van der Waals surface area contributed by atoms with Crippen molar-refractivity contribution in [2.45, 2.75) is 58.8 Å². The molecule has 4 fully saturated rings. The van der Waals surface area contributed by atoms with E-state index in [4.69, 9.17) is 9.68 Å². The molecule has 0 aromatic carbocycles. The lowest BCUT2D eigenvalue weighted by atomic mass is 9.48. The molecule has 0 amide bonds. The molecule has 1 heterocycles. The first-order valence-electron chi connectivity index (χ1n) is 8.72. The van der Waals surface area contributed by atoms with Gasteiger partial charge in [0.05, 0.1) is 0 Å². The molecule has 4 bridgehead atoms. The lowest BCUT2D eigenvalue weighted by Gasteiger charge is -2.57. The van der Waals surface area contributed by atoms with E-state index in [2.05, 4.69) is 22.4 Å². The Hall–Kier alpha value is -1.83. The van der Waals surface area contributed by atoms with Crippen LogP contribution in [0.1, 0.15) is 63.5 Å². The second-order valence-electron chi connectivity index (χ2n) is 8.08. The molecule has 5 rings (SSSR count). The van der Waals surface area contributed by atoms with E-state index >= 15 is 0 Å². The smallest absolute Gasteiger partial charge is 0.252 e. The molecular weight excluding hydrogens is 288 g/mol. The van der Waals surface area contributed by atoms with E-state index < -0.39 is 0 Å². The minimum absolute atomic E-state index is 0.272. The van der Waals surface area contributed by atoms with Gasteiger partial charge in [-0.25, -0.2) is 10.4 Å². The fourth-order valence-electron chi connectivity index (χ4n) is 5.81. The molecule has 5 heteroatoms. The van der Waals surface area contributed by atoms with Crippen LogP contribution in [-0.2, 0) is 0 Å². The molecule has 0 radical (unpaired) electrons. The van der Waals surface area contributed by atoms with Crippen molar-refractivity contribution in [3.63, 3.8) is 0 Å². The molecule has 122 valence electrons. The zero-order valence-corrected chi connectivity index (χ0v) is 13.9. The number of oxazole rings is 1. The Balaban J connectivity index is 1.45. The third-order valence-electron chi connectivity index (χ3n) is 5.98. The van der Waals surface area contributed by atoms with Gasteiger partial charge >= 0.3 is 0 Å². The maximum absolute atomic E-state index is 9.05. The van der Waals surface area contributed by atoms with Crippen LogP contribution in [0.3, 0.4) is 0 Å². The van der Waals surface area contributed by atoms with Crippen LogP contribution < -0.4 is 5.43 Å². The summed E-state index contributed by atoms with van der Waals surface area (Å²) in [6.45, 7) is 3.82. The number of aryl methyl sites for hydroxylation is 1. The molecular formula is C18H24N4O. The van der Waals surface area contributed by atoms with E-state index in [9.17, 15) is 0 Å². The summed E-state index contributed by atoms with van der Waals surface area (Å²) in [5, 5.41) is 13.5. The molecule has 5 nitrogen and oxygen atoms in total. The third kappa shape index (κ3) is 2.75. The van der Waals surface area contributed by atoms with Crippen molar-refractivity contribution < 1.29 is 4.42 Å². The SMILES string of the molecule is C/C(CC12CC3CC(CC(C3)C1)C2)=N\Nc1oc(C)nc1C#N. The van der Waals surface area contributed by atoms with Crippen molar-refractivity contribution in [2.75, 3.05) is 5.43 Å². The highest BCUT2D eigenvalue weighted by atomic mass is 16.4. The van der Waals surface area contributed by atoms with E-state index in [1.54, 1.807) is 6.92 Å². The van der Waals surface area contributed by atoms with E-state index in [0.717, 1.165) is 29.9 Å². The summed E-state index contributed by atoms with van der Waals surface area (Å²) in [7, 11) is 0. The van der Waals surface area contributed by atoms with E-state index in [1.165, 1.54) is 38.5 Å². The van der Waals surface area contributed by atoms with Crippen molar-refractivity contribution in [1.82, 2.24) is 4.98 Å². The first-order chi connectivity index (χ1) is 11.0. The largest absolute Gasteiger partial charge is 0.422 e. The Bertz CT molecular complexity index is 646. The van der Waals surface area contributed by atoms with Gasteiger partial charge in [-0.05, 0) is 75.0 Å². The van der Waals surface area contributed by atoms with Crippen LogP contribution in [-0.4, -0.2) is 10.7 Å². The number of hydrogen-bond acceptors (Lipinski definition) is 5. The Morgan fingerprint density at radius 2 is 1.91 bits per heavy atom. The second kappa shape index (κ2) is 5.36. The van der Waals surface area contributed by atoms with Gasteiger partial charge in [-0.15, -0.1) is 0 Å². The predicted molar refractivity (Wildman–Crippen MR) is 87.9 cm³/mol. The highest BCUT2D eigenvalue weighted by Gasteiger charge is 2.50. The number of aromatic nitrogens is 1. The number of hydrogen-bond donors (Lipinski definition) is 1. The molecule has 23 heavy (non-hydrogen) atoms. The van der Waals surface area contributed by atoms with Crippen molar-refractivity contribution in [2.24, 2.45) is 28.3 Å².